The van der Waals surface area contributed by atoms with Gasteiger partial charge in [0.15, 0.2) is 0 Å². The van der Waals surface area contributed by atoms with Crippen LogP contribution >= 0.6 is 0 Å². The minimum absolute atomic E-state index is 0.0992. The highest BCUT2D eigenvalue weighted by Gasteiger charge is 2.59. The Kier molecular flexibility index (Phi) is 6.96. The van der Waals surface area contributed by atoms with E-state index in [1.807, 2.05) is 0 Å². The van der Waals surface area contributed by atoms with Crippen LogP contribution in [0.25, 0.3) is 0 Å². The van der Waals surface area contributed by atoms with Crippen LogP contribution in [0.2, 0.25) is 0 Å². The molecular weight excluding hydrogens is 368 g/mol. The summed E-state index contributed by atoms with van der Waals surface area (Å²) in [7, 11) is 0. The first-order valence-electron chi connectivity index (χ1n) is 13.6. The van der Waals surface area contributed by atoms with Crippen molar-refractivity contribution in [3.63, 3.8) is 0 Å². The van der Waals surface area contributed by atoms with Crippen molar-refractivity contribution in [1.82, 2.24) is 0 Å². The Bertz CT molecular complexity index is 573. The maximum absolute atomic E-state index is 9.23. The Morgan fingerprint density at radius 1 is 0.933 bits per heavy atom. The molecular formula is C28H50O2. The van der Waals surface area contributed by atoms with E-state index in [0.717, 1.165) is 54.3 Å². The van der Waals surface area contributed by atoms with Crippen LogP contribution in [-0.2, 0) is 4.89 Å². The smallest absolute Gasteiger partial charge is 0.0930 e. The average Bonchev–Trinajstić information content (AvgIpc) is 3.06. The monoisotopic (exact) mass is 418 g/mol. The molecule has 0 aliphatic heterocycles. The summed E-state index contributed by atoms with van der Waals surface area (Å²) < 4.78 is 0. The van der Waals surface area contributed by atoms with E-state index in [-0.39, 0.29) is 6.10 Å². The lowest BCUT2D eigenvalue weighted by molar-refractivity contribution is -0.295. The molecule has 9 atom stereocenters. The third-order valence-corrected chi connectivity index (χ3v) is 11.6. The number of hydrogen-bond donors (Lipinski definition) is 1. The van der Waals surface area contributed by atoms with Crippen LogP contribution in [-0.4, -0.2) is 11.4 Å². The van der Waals surface area contributed by atoms with E-state index < -0.39 is 0 Å². The predicted octanol–water partition coefficient (Wildman–Crippen LogP) is 8.36. The third-order valence-electron chi connectivity index (χ3n) is 11.6. The maximum atomic E-state index is 9.23. The Labute approximate surface area is 186 Å². The van der Waals surface area contributed by atoms with Crippen LogP contribution < -0.4 is 0 Å². The van der Waals surface area contributed by atoms with Crippen LogP contribution in [0.3, 0.4) is 0 Å². The summed E-state index contributed by atoms with van der Waals surface area (Å²) in [6, 6.07) is 0. The van der Waals surface area contributed by atoms with E-state index in [1.165, 1.54) is 70.6 Å². The Balaban J connectivity index is 1.40. The molecule has 4 aliphatic rings. The van der Waals surface area contributed by atoms with Crippen molar-refractivity contribution in [2.45, 2.75) is 124 Å². The van der Waals surface area contributed by atoms with E-state index in [1.54, 1.807) is 0 Å². The zero-order valence-electron chi connectivity index (χ0n) is 20.7. The van der Waals surface area contributed by atoms with Gasteiger partial charge in [-0.25, -0.2) is 4.89 Å². The largest absolute Gasteiger partial charge is 0.252 e. The van der Waals surface area contributed by atoms with Gasteiger partial charge in [-0.3, -0.25) is 5.26 Å². The highest BCUT2D eigenvalue weighted by atomic mass is 17.1. The molecule has 2 heteroatoms. The van der Waals surface area contributed by atoms with E-state index in [4.69, 9.17) is 4.89 Å². The molecule has 4 rings (SSSR count). The molecule has 0 radical (unpaired) electrons. The minimum Gasteiger partial charge on any atom is -0.252 e. The highest BCUT2D eigenvalue weighted by molar-refractivity contribution is 5.09. The van der Waals surface area contributed by atoms with Crippen molar-refractivity contribution < 1.29 is 10.1 Å². The summed E-state index contributed by atoms with van der Waals surface area (Å²) in [5.41, 5.74) is 1.12. The summed E-state index contributed by atoms with van der Waals surface area (Å²) >= 11 is 0. The molecule has 0 amide bonds. The van der Waals surface area contributed by atoms with Gasteiger partial charge in [-0.2, -0.15) is 0 Å². The van der Waals surface area contributed by atoms with Gasteiger partial charge in [-0.1, -0.05) is 53.9 Å². The van der Waals surface area contributed by atoms with E-state index in [0.29, 0.717) is 10.8 Å². The summed E-state index contributed by atoms with van der Waals surface area (Å²) in [6.45, 7) is 12.5. The van der Waals surface area contributed by atoms with Gasteiger partial charge >= 0.3 is 0 Å². The molecule has 0 saturated heterocycles. The van der Waals surface area contributed by atoms with Crippen molar-refractivity contribution in [1.29, 1.82) is 0 Å². The van der Waals surface area contributed by atoms with Gasteiger partial charge in [-0.15, -0.1) is 0 Å². The molecule has 0 bridgehead atoms. The fourth-order valence-electron chi connectivity index (χ4n) is 9.53. The first-order chi connectivity index (χ1) is 14.3. The lowest BCUT2D eigenvalue weighted by Crippen LogP contribution is -2.54. The fourth-order valence-corrected chi connectivity index (χ4v) is 9.53. The molecule has 9 unspecified atom stereocenters. The lowest BCUT2D eigenvalue weighted by Gasteiger charge is -2.61. The molecule has 0 aromatic carbocycles. The first kappa shape index (κ1) is 23.1. The van der Waals surface area contributed by atoms with Crippen molar-refractivity contribution in [3.05, 3.63) is 0 Å². The standard InChI is InChI=1S/C28H50O2/c1-6-20(19(2)3)8-7-9-21-11-13-25-24-12-10-22-18-23(30-29)14-16-28(22,5)26(24)15-17-27(21,25)4/h19-26,29H,6-18H2,1-5H3. The number of hydrogen-bond acceptors (Lipinski definition) is 2. The average molecular weight is 419 g/mol. The van der Waals surface area contributed by atoms with Crippen LogP contribution in [0.4, 0.5) is 0 Å². The van der Waals surface area contributed by atoms with Gasteiger partial charge in [0, 0.05) is 0 Å². The van der Waals surface area contributed by atoms with Crippen molar-refractivity contribution in [2.75, 3.05) is 0 Å². The summed E-state index contributed by atoms with van der Waals surface area (Å²) in [6.07, 6.45) is 18.1. The highest BCUT2D eigenvalue weighted by Crippen LogP contribution is 2.68. The molecule has 1 N–H and O–H groups in total. The normalized spacial score (nSPS) is 46.9. The van der Waals surface area contributed by atoms with E-state index in [2.05, 4.69) is 34.6 Å². The zero-order valence-corrected chi connectivity index (χ0v) is 20.7. The predicted molar refractivity (Wildman–Crippen MR) is 125 cm³/mol. The molecule has 174 valence electrons. The fraction of sp³-hybridized carbons (Fsp3) is 1.00. The molecule has 0 heterocycles. The minimum atomic E-state index is 0.0992. The number of fused-ring (bicyclic) bond motifs is 5. The molecule has 0 aromatic heterocycles. The molecule has 30 heavy (non-hydrogen) atoms. The maximum Gasteiger partial charge on any atom is 0.0930 e. The van der Waals surface area contributed by atoms with E-state index in [9.17, 15) is 5.26 Å². The SMILES string of the molecule is CCC(CCCC1CCC2C3CCC4CC(OO)CCC4(C)C3CCC12C)C(C)C. The summed E-state index contributed by atoms with van der Waals surface area (Å²) in [5, 5.41) is 9.23. The number of rotatable bonds is 7. The van der Waals surface area contributed by atoms with E-state index >= 15 is 0 Å². The molecule has 0 aromatic rings. The third kappa shape index (κ3) is 3.91. The molecule has 4 saturated carbocycles. The molecule has 4 fully saturated rings. The second-order valence-corrected chi connectivity index (χ2v) is 12.8. The molecule has 2 nitrogen and oxygen atoms in total. The quantitative estimate of drug-likeness (QED) is 0.332. The summed E-state index contributed by atoms with van der Waals surface area (Å²) in [5.74, 6) is 6.42. The van der Waals surface area contributed by atoms with Gasteiger partial charge in [0.05, 0.1) is 6.10 Å². The van der Waals surface area contributed by atoms with Crippen molar-refractivity contribution in [3.8, 4) is 0 Å². The van der Waals surface area contributed by atoms with Gasteiger partial charge in [0.25, 0.3) is 0 Å². The first-order valence-corrected chi connectivity index (χ1v) is 13.6. The van der Waals surface area contributed by atoms with Gasteiger partial charge in [0.2, 0.25) is 0 Å². The van der Waals surface area contributed by atoms with Gasteiger partial charge in [-0.05, 0) is 116 Å². The lowest BCUT2D eigenvalue weighted by atomic mass is 9.44. The van der Waals surface area contributed by atoms with Crippen LogP contribution in [0.1, 0.15) is 118 Å². The molecule has 0 spiro atoms. The topological polar surface area (TPSA) is 29.5 Å². The van der Waals surface area contributed by atoms with Gasteiger partial charge < -0.3 is 0 Å². The second kappa shape index (κ2) is 9.05. The van der Waals surface area contributed by atoms with Crippen molar-refractivity contribution in [2.24, 2.45) is 52.3 Å². The molecule has 4 aliphatic carbocycles. The Morgan fingerprint density at radius 2 is 1.67 bits per heavy atom. The summed E-state index contributed by atoms with van der Waals surface area (Å²) in [4.78, 5) is 4.80. The van der Waals surface area contributed by atoms with Crippen molar-refractivity contribution >= 4 is 0 Å². The zero-order chi connectivity index (χ0) is 21.5. The Hall–Kier alpha value is -0.0800. The second-order valence-electron chi connectivity index (χ2n) is 12.8. The van der Waals surface area contributed by atoms with Crippen LogP contribution in [0.5, 0.6) is 0 Å². The Morgan fingerprint density at radius 3 is 2.37 bits per heavy atom. The van der Waals surface area contributed by atoms with Crippen LogP contribution in [0.15, 0.2) is 0 Å². The van der Waals surface area contributed by atoms with Gasteiger partial charge in [0.1, 0.15) is 0 Å². The van der Waals surface area contributed by atoms with Crippen LogP contribution in [0, 0.1) is 52.3 Å².